The highest BCUT2D eigenvalue weighted by molar-refractivity contribution is 6.10. The fourth-order valence-corrected chi connectivity index (χ4v) is 8.76. The fraction of sp³-hybridized carbons (Fsp3) is 0. The van der Waals surface area contributed by atoms with Gasteiger partial charge in [-0.25, -0.2) is 0 Å². The third kappa shape index (κ3) is 6.00. The Kier molecular flexibility index (Phi) is 8.30. The molecule has 3 nitrogen and oxygen atoms in total. The van der Waals surface area contributed by atoms with E-state index in [4.69, 9.17) is 4.42 Å². The molecule has 1 N–H and O–H groups in total. The zero-order chi connectivity index (χ0) is 39.3. The number of aromatic hydroxyl groups is 1. The molecule has 0 saturated heterocycles. The highest BCUT2D eigenvalue weighted by Gasteiger charge is 2.19. The van der Waals surface area contributed by atoms with Crippen molar-refractivity contribution >= 4 is 60.5 Å². The second-order valence-electron chi connectivity index (χ2n) is 15.0. The minimum Gasteiger partial charge on any atom is -0.507 e. The first kappa shape index (κ1) is 34.4. The van der Waals surface area contributed by atoms with Gasteiger partial charge in [-0.1, -0.05) is 170 Å². The summed E-state index contributed by atoms with van der Waals surface area (Å²) in [5, 5.41) is 17.7. The number of hydrogen-bond donors (Lipinski definition) is 1. The maximum absolute atomic E-state index is 10.7. The number of nitrogens with zero attached hydrogens (tertiary/aromatic N) is 1. The Morgan fingerprint density at radius 1 is 0.339 bits per heavy atom. The standard InChI is InChI=1S/C56H37NO2/c58-54-24-7-5-17-47(54)41-15-9-14-40(36-41)46-34-35-53(50-19-4-3-18-49(46)50)57(42-30-26-38(27-31-42)45-21-10-13-37-12-1-2-16-44(37)45)43-32-28-39(29-33-43)48-22-11-23-52-51-20-6-8-25-55(51)59-56(48)52/h1-36,58H. The molecule has 0 radical (unpaired) electrons. The van der Waals surface area contributed by atoms with Crippen molar-refractivity contribution in [1.82, 2.24) is 0 Å². The Bertz CT molecular complexity index is 3340. The molecular formula is C56H37NO2. The predicted molar refractivity (Wildman–Crippen MR) is 247 cm³/mol. The maximum Gasteiger partial charge on any atom is 0.143 e. The molecule has 0 aliphatic carbocycles. The molecule has 10 aromatic carbocycles. The second-order valence-corrected chi connectivity index (χ2v) is 15.0. The molecule has 0 spiro atoms. The lowest BCUT2D eigenvalue weighted by Crippen LogP contribution is -2.10. The van der Waals surface area contributed by atoms with Crippen molar-refractivity contribution in [3.63, 3.8) is 0 Å². The van der Waals surface area contributed by atoms with Crippen LogP contribution < -0.4 is 4.90 Å². The Morgan fingerprint density at radius 3 is 1.64 bits per heavy atom. The lowest BCUT2D eigenvalue weighted by molar-refractivity contribution is 0.477. The number of hydrogen-bond acceptors (Lipinski definition) is 3. The summed E-state index contributed by atoms with van der Waals surface area (Å²) in [5.74, 6) is 0.271. The Balaban J connectivity index is 1.05. The van der Waals surface area contributed by atoms with Gasteiger partial charge in [0.05, 0.1) is 5.69 Å². The summed E-state index contributed by atoms with van der Waals surface area (Å²) < 4.78 is 6.44. The van der Waals surface area contributed by atoms with Gasteiger partial charge in [-0.3, -0.25) is 0 Å². The van der Waals surface area contributed by atoms with E-state index in [1.54, 1.807) is 6.07 Å². The third-order valence-electron chi connectivity index (χ3n) is 11.6. The number of phenolic OH excluding ortho intramolecular Hbond substituents is 1. The summed E-state index contributed by atoms with van der Waals surface area (Å²) in [4.78, 5) is 2.36. The molecule has 11 aromatic rings. The zero-order valence-electron chi connectivity index (χ0n) is 32.1. The maximum atomic E-state index is 10.7. The van der Waals surface area contributed by atoms with E-state index in [1.807, 2.05) is 30.3 Å². The predicted octanol–water partition coefficient (Wildman–Crippen LogP) is 15.7. The molecule has 0 fully saturated rings. The molecule has 1 heterocycles. The van der Waals surface area contributed by atoms with Crippen LogP contribution in [0.4, 0.5) is 17.1 Å². The van der Waals surface area contributed by atoms with Crippen molar-refractivity contribution in [1.29, 1.82) is 0 Å². The number of phenols is 1. The van der Waals surface area contributed by atoms with Crippen molar-refractivity contribution in [2.24, 2.45) is 0 Å². The van der Waals surface area contributed by atoms with Crippen LogP contribution in [0.5, 0.6) is 5.75 Å². The third-order valence-corrected chi connectivity index (χ3v) is 11.6. The van der Waals surface area contributed by atoms with E-state index in [2.05, 4.69) is 187 Å². The van der Waals surface area contributed by atoms with E-state index in [0.29, 0.717) is 0 Å². The number of fused-ring (bicyclic) bond motifs is 5. The molecule has 0 aliphatic heterocycles. The van der Waals surface area contributed by atoms with Gasteiger partial charge >= 0.3 is 0 Å². The lowest BCUT2D eigenvalue weighted by Gasteiger charge is -2.28. The molecule has 1 aromatic heterocycles. The molecule has 0 bridgehead atoms. The van der Waals surface area contributed by atoms with E-state index >= 15 is 0 Å². The molecule has 59 heavy (non-hydrogen) atoms. The quantitative estimate of drug-likeness (QED) is 0.176. The van der Waals surface area contributed by atoms with E-state index in [-0.39, 0.29) is 5.75 Å². The molecule has 3 heteroatoms. The van der Waals surface area contributed by atoms with Gasteiger partial charge in [0.2, 0.25) is 0 Å². The molecule has 0 amide bonds. The van der Waals surface area contributed by atoms with Crippen molar-refractivity contribution in [2.45, 2.75) is 0 Å². The summed E-state index contributed by atoms with van der Waals surface area (Å²) in [6.45, 7) is 0. The van der Waals surface area contributed by atoms with Gasteiger partial charge < -0.3 is 14.4 Å². The summed E-state index contributed by atoms with van der Waals surface area (Å²) in [6, 6.07) is 76.6. The first-order chi connectivity index (χ1) is 29.2. The number of benzene rings is 10. The van der Waals surface area contributed by atoms with Crippen LogP contribution in [-0.4, -0.2) is 5.11 Å². The van der Waals surface area contributed by atoms with Crippen LogP contribution in [0.3, 0.4) is 0 Å². The van der Waals surface area contributed by atoms with Crippen LogP contribution in [0.25, 0.3) is 88.0 Å². The Hall–Kier alpha value is -7.88. The van der Waals surface area contributed by atoms with Crippen LogP contribution in [0.2, 0.25) is 0 Å². The monoisotopic (exact) mass is 755 g/mol. The average Bonchev–Trinajstić information content (AvgIpc) is 3.69. The first-order valence-corrected chi connectivity index (χ1v) is 20.0. The van der Waals surface area contributed by atoms with Crippen LogP contribution >= 0.6 is 0 Å². The van der Waals surface area contributed by atoms with Crippen LogP contribution in [-0.2, 0) is 0 Å². The van der Waals surface area contributed by atoms with Gasteiger partial charge in [0.1, 0.15) is 16.9 Å². The summed E-state index contributed by atoms with van der Waals surface area (Å²) in [6.07, 6.45) is 0. The van der Waals surface area contributed by atoms with Crippen LogP contribution in [0, 0.1) is 0 Å². The summed E-state index contributed by atoms with van der Waals surface area (Å²) in [7, 11) is 0. The minimum absolute atomic E-state index is 0.271. The zero-order valence-corrected chi connectivity index (χ0v) is 32.1. The summed E-state index contributed by atoms with van der Waals surface area (Å²) >= 11 is 0. The fourth-order valence-electron chi connectivity index (χ4n) is 8.76. The number of furan rings is 1. The molecular weight excluding hydrogens is 719 g/mol. The van der Waals surface area contributed by atoms with E-state index < -0.39 is 0 Å². The molecule has 0 aliphatic rings. The number of anilines is 3. The molecule has 11 rings (SSSR count). The number of rotatable bonds is 7. The smallest absolute Gasteiger partial charge is 0.143 e. The average molecular weight is 756 g/mol. The second kappa shape index (κ2) is 14.3. The Labute approximate surface area is 342 Å². The van der Waals surface area contributed by atoms with Crippen molar-refractivity contribution in [3.05, 3.63) is 218 Å². The topological polar surface area (TPSA) is 36.6 Å². The first-order valence-electron chi connectivity index (χ1n) is 20.0. The van der Waals surface area contributed by atoms with Gasteiger partial charge in [0.15, 0.2) is 0 Å². The van der Waals surface area contributed by atoms with Gasteiger partial charge in [0, 0.05) is 38.7 Å². The number of para-hydroxylation sites is 3. The highest BCUT2D eigenvalue weighted by atomic mass is 16.3. The van der Waals surface area contributed by atoms with Crippen molar-refractivity contribution in [2.75, 3.05) is 4.90 Å². The normalized spacial score (nSPS) is 11.5. The van der Waals surface area contributed by atoms with E-state index in [9.17, 15) is 5.11 Å². The van der Waals surface area contributed by atoms with Gasteiger partial charge in [-0.2, -0.15) is 0 Å². The molecule has 278 valence electrons. The van der Waals surface area contributed by atoms with Crippen molar-refractivity contribution in [3.8, 4) is 50.3 Å². The van der Waals surface area contributed by atoms with Crippen LogP contribution in [0.1, 0.15) is 0 Å². The van der Waals surface area contributed by atoms with Crippen molar-refractivity contribution < 1.29 is 9.52 Å². The molecule has 0 atom stereocenters. The Morgan fingerprint density at radius 2 is 0.864 bits per heavy atom. The lowest BCUT2D eigenvalue weighted by atomic mass is 9.93. The van der Waals surface area contributed by atoms with Gasteiger partial charge in [-0.05, 0) is 98.1 Å². The molecule has 0 unspecified atom stereocenters. The minimum atomic E-state index is 0.271. The van der Waals surface area contributed by atoms with E-state index in [0.717, 1.165) is 83.2 Å². The largest absolute Gasteiger partial charge is 0.507 e. The van der Waals surface area contributed by atoms with E-state index in [1.165, 1.54) is 21.9 Å². The molecule has 0 saturated carbocycles. The summed E-state index contributed by atoms with van der Waals surface area (Å²) in [5.41, 5.74) is 13.5. The van der Waals surface area contributed by atoms with Gasteiger partial charge in [-0.15, -0.1) is 0 Å². The highest BCUT2D eigenvalue weighted by Crippen LogP contribution is 2.44. The van der Waals surface area contributed by atoms with Crippen LogP contribution in [0.15, 0.2) is 223 Å². The van der Waals surface area contributed by atoms with Gasteiger partial charge in [0.25, 0.3) is 0 Å². The SMILES string of the molecule is Oc1ccccc1-c1cccc(-c2ccc(N(c3ccc(-c4cccc5ccccc45)cc3)c3ccc(-c4cccc5c4oc4ccccc45)cc3)c3ccccc23)c1.